The van der Waals surface area contributed by atoms with Crippen molar-refractivity contribution in [2.45, 2.75) is 25.2 Å². The molecule has 0 unspecified atom stereocenters. The molecule has 4 heterocycles. The molecule has 1 saturated heterocycles. The minimum Gasteiger partial charge on any atom is -0.493 e. The van der Waals surface area contributed by atoms with Gasteiger partial charge < -0.3 is 19.1 Å². The molecule has 1 aliphatic rings. The van der Waals surface area contributed by atoms with Crippen molar-refractivity contribution < 1.29 is 14.1 Å². The Morgan fingerprint density at radius 2 is 1.94 bits per heavy atom. The number of rotatable bonds is 6. The van der Waals surface area contributed by atoms with E-state index in [2.05, 4.69) is 20.1 Å². The summed E-state index contributed by atoms with van der Waals surface area (Å²) in [6.45, 7) is 1.74. The molecule has 1 amide bonds. The maximum Gasteiger partial charge on any atom is 0.230 e. The molecule has 0 bridgehead atoms. The molecule has 4 aromatic rings. The first kappa shape index (κ1) is 19.3. The van der Waals surface area contributed by atoms with Gasteiger partial charge in [-0.25, -0.2) is 4.98 Å². The highest BCUT2D eigenvalue weighted by Gasteiger charge is 2.27. The number of hydrogen-bond acceptors (Lipinski definition) is 6. The SMILES string of the molecule is O=C(CCOc1ccccc1)N1CCC(c2nc(-c3ccc4cc[nH]c4n3)no2)CC1. The summed E-state index contributed by atoms with van der Waals surface area (Å²) in [6.07, 6.45) is 3.83. The van der Waals surface area contributed by atoms with Crippen molar-refractivity contribution in [3.63, 3.8) is 0 Å². The summed E-state index contributed by atoms with van der Waals surface area (Å²) in [5, 5.41) is 5.16. The van der Waals surface area contributed by atoms with Gasteiger partial charge in [-0.05, 0) is 43.2 Å². The van der Waals surface area contributed by atoms with Crippen LogP contribution in [-0.2, 0) is 4.79 Å². The van der Waals surface area contributed by atoms with Gasteiger partial charge in [0.2, 0.25) is 17.6 Å². The van der Waals surface area contributed by atoms with Crippen LogP contribution in [0.15, 0.2) is 59.3 Å². The van der Waals surface area contributed by atoms with E-state index in [1.54, 1.807) is 0 Å². The molecule has 1 N–H and O–H groups in total. The van der Waals surface area contributed by atoms with Gasteiger partial charge in [-0.15, -0.1) is 0 Å². The van der Waals surface area contributed by atoms with E-state index in [-0.39, 0.29) is 11.8 Å². The Labute approximate surface area is 179 Å². The highest BCUT2D eigenvalue weighted by Crippen LogP contribution is 2.29. The maximum absolute atomic E-state index is 12.5. The number of H-pyrrole nitrogens is 1. The quantitative estimate of drug-likeness (QED) is 0.513. The standard InChI is InChI=1S/C23H23N5O3/c29-20(11-15-30-18-4-2-1-3-5-18)28-13-9-17(10-14-28)23-26-22(27-31-23)19-7-6-16-8-12-24-21(16)25-19/h1-8,12,17H,9-11,13-15H2,(H,24,25). The van der Waals surface area contributed by atoms with E-state index in [1.807, 2.05) is 59.6 Å². The average molecular weight is 417 g/mol. The molecule has 0 aliphatic carbocycles. The lowest BCUT2D eigenvalue weighted by atomic mass is 9.96. The molecule has 0 radical (unpaired) electrons. The number of fused-ring (bicyclic) bond motifs is 1. The summed E-state index contributed by atoms with van der Waals surface area (Å²) in [5.41, 5.74) is 1.47. The van der Waals surface area contributed by atoms with Crippen LogP contribution in [0.2, 0.25) is 0 Å². The van der Waals surface area contributed by atoms with Crippen LogP contribution < -0.4 is 4.74 Å². The molecule has 1 aromatic carbocycles. The average Bonchev–Trinajstić information content (AvgIpc) is 3.49. The van der Waals surface area contributed by atoms with Gasteiger partial charge in [0.25, 0.3) is 0 Å². The Morgan fingerprint density at radius 3 is 2.77 bits per heavy atom. The molecule has 0 saturated carbocycles. The molecular weight excluding hydrogens is 394 g/mol. The Balaban J connectivity index is 1.14. The number of pyridine rings is 1. The van der Waals surface area contributed by atoms with E-state index >= 15 is 0 Å². The summed E-state index contributed by atoms with van der Waals surface area (Å²) in [6, 6.07) is 15.4. The van der Waals surface area contributed by atoms with Gasteiger partial charge in [-0.2, -0.15) is 4.98 Å². The van der Waals surface area contributed by atoms with Crippen LogP contribution in [0, 0.1) is 0 Å². The predicted molar refractivity (Wildman–Crippen MR) is 114 cm³/mol. The number of benzene rings is 1. The predicted octanol–water partition coefficient (Wildman–Crippen LogP) is 3.79. The smallest absolute Gasteiger partial charge is 0.230 e. The first-order valence-corrected chi connectivity index (χ1v) is 10.5. The van der Waals surface area contributed by atoms with Gasteiger partial charge in [0.1, 0.15) is 17.1 Å². The van der Waals surface area contributed by atoms with E-state index in [9.17, 15) is 4.79 Å². The normalized spacial score (nSPS) is 14.8. The molecule has 3 aromatic heterocycles. The monoisotopic (exact) mass is 417 g/mol. The Bertz CT molecular complexity index is 1160. The van der Waals surface area contributed by atoms with Crippen LogP contribution >= 0.6 is 0 Å². The zero-order valence-electron chi connectivity index (χ0n) is 17.0. The first-order chi connectivity index (χ1) is 15.3. The van der Waals surface area contributed by atoms with Crippen LogP contribution in [0.4, 0.5) is 0 Å². The minimum absolute atomic E-state index is 0.115. The number of aromatic nitrogens is 4. The van der Waals surface area contributed by atoms with Gasteiger partial charge >= 0.3 is 0 Å². The Morgan fingerprint density at radius 1 is 1.10 bits per heavy atom. The van der Waals surface area contributed by atoms with Gasteiger partial charge in [0.05, 0.1) is 13.0 Å². The van der Waals surface area contributed by atoms with E-state index in [4.69, 9.17) is 9.26 Å². The van der Waals surface area contributed by atoms with Gasteiger partial charge in [0, 0.05) is 30.6 Å². The molecule has 1 aliphatic heterocycles. The number of piperidine rings is 1. The van der Waals surface area contributed by atoms with E-state index in [1.165, 1.54) is 0 Å². The third-order valence-corrected chi connectivity index (χ3v) is 5.60. The first-order valence-electron chi connectivity index (χ1n) is 10.5. The van der Waals surface area contributed by atoms with Crippen molar-refractivity contribution in [3.05, 3.63) is 60.6 Å². The van der Waals surface area contributed by atoms with Crippen LogP contribution in [0.1, 0.15) is 31.1 Å². The lowest BCUT2D eigenvalue weighted by molar-refractivity contribution is -0.132. The fourth-order valence-electron chi connectivity index (χ4n) is 3.87. The minimum atomic E-state index is 0.115. The Kier molecular flexibility index (Phi) is 5.35. The largest absolute Gasteiger partial charge is 0.493 e. The number of amides is 1. The summed E-state index contributed by atoms with van der Waals surface area (Å²) >= 11 is 0. The van der Waals surface area contributed by atoms with Gasteiger partial charge in [0.15, 0.2) is 0 Å². The van der Waals surface area contributed by atoms with Crippen LogP contribution in [0.5, 0.6) is 5.75 Å². The molecule has 0 spiro atoms. The topological polar surface area (TPSA) is 97.1 Å². The second-order valence-electron chi connectivity index (χ2n) is 7.63. The molecule has 5 rings (SSSR count). The second kappa shape index (κ2) is 8.59. The van der Waals surface area contributed by atoms with Gasteiger partial charge in [-0.3, -0.25) is 4.79 Å². The van der Waals surface area contributed by atoms with Crippen molar-refractivity contribution in [1.29, 1.82) is 0 Å². The highest BCUT2D eigenvalue weighted by molar-refractivity contribution is 5.78. The molecular formula is C23H23N5O3. The highest BCUT2D eigenvalue weighted by atomic mass is 16.5. The number of carbonyl (C=O) groups excluding carboxylic acids is 1. The number of para-hydroxylation sites is 1. The van der Waals surface area contributed by atoms with Crippen molar-refractivity contribution in [3.8, 4) is 17.3 Å². The number of hydrogen-bond donors (Lipinski definition) is 1. The molecule has 31 heavy (non-hydrogen) atoms. The second-order valence-corrected chi connectivity index (χ2v) is 7.63. The molecule has 1 fully saturated rings. The van der Waals surface area contributed by atoms with E-state index in [0.717, 1.165) is 29.6 Å². The van der Waals surface area contributed by atoms with Crippen LogP contribution in [0.3, 0.4) is 0 Å². The fraction of sp³-hybridized carbons (Fsp3) is 0.304. The summed E-state index contributed by atoms with van der Waals surface area (Å²) in [4.78, 5) is 26.6. The zero-order valence-corrected chi connectivity index (χ0v) is 17.0. The van der Waals surface area contributed by atoms with E-state index < -0.39 is 0 Å². The number of ether oxygens (including phenoxy) is 1. The van der Waals surface area contributed by atoms with Crippen molar-refractivity contribution in [1.82, 2.24) is 25.0 Å². The number of carbonyl (C=O) groups is 1. The Hall–Kier alpha value is -3.68. The number of likely N-dealkylation sites (tertiary alicyclic amines) is 1. The number of aromatic amines is 1. The third kappa shape index (κ3) is 4.28. The third-order valence-electron chi connectivity index (χ3n) is 5.60. The molecule has 158 valence electrons. The van der Waals surface area contributed by atoms with Crippen molar-refractivity contribution >= 4 is 16.9 Å². The fourth-order valence-corrected chi connectivity index (χ4v) is 3.87. The number of nitrogens with one attached hydrogen (secondary N) is 1. The lowest BCUT2D eigenvalue weighted by Gasteiger charge is -2.30. The lowest BCUT2D eigenvalue weighted by Crippen LogP contribution is -2.38. The summed E-state index contributed by atoms with van der Waals surface area (Å²) < 4.78 is 11.2. The summed E-state index contributed by atoms with van der Waals surface area (Å²) in [5.74, 6) is 2.15. The van der Waals surface area contributed by atoms with Gasteiger partial charge in [-0.1, -0.05) is 23.4 Å². The van der Waals surface area contributed by atoms with Crippen molar-refractivity contribution in [2.24, 2.45) is 0 Å². The van der Waals surface area contributed by atoms with E-state index in [0.29, 0.717) is 43.5 Å². The molecule has 0 atom stereocenters. The van der Waals surface area contributed by atoms with Crippen LogP contribution in [0.25, 0.3) is 22.6 Å². The van der Waals surface area contributed by atoms with Crippen molar-refractivity contribution in [2.75, 3.05) is 19.7 Å². The zero-order chi connectivity index (χ0) is 21.0. The number of nitrogens with zero attached hydrogens (tertiary/aromatic N) is 4. The molecule has 8 nitrogen and oxygen atoms in total. The maximum atomic E-state index is 12.5. The molecule has 8 heteroatoms. The summed E-state index contributed by atoms with van der Waals surface area (Å²) in [7, 11) is 0. The van der Waals surface area contributed by atoms with Crippen LogP contribution in [-0.4, -0.2) is 50.6 Å².